The van der Waals surface area contributed by atoms with Crippen LogP contribution in [0.2, 0.25) is 0 Å². The minimum absolute atomic E-state index is 0.363. The van der Waals surface area contributed by atoms with Gasteiger partial charge in [0.2, 0.25) is 10.1 Å². The molecule has 0 saturated carbocycles. The van der Waals surface area contributed by atoms with Crippen LogP contribution in [-0.2, 0) is 14.3 Å². The first kappa shape index (κ1) is 11.0. The highest BCUT2D eigenvalue weighted by atomic mass is 35.6. The maximum atomic E-state index is 10.4. The van der Waals surface area contributed by atoms with Crippen LogP contribution >= 0.6 is 34.8 Å². The lowest BCUT2D eigenvalue weighted by atomic mass is 10.5. The van der Waals surface area contributed by atoms with E-state index in [9.17, 15) is 9.59 Å². The highest BCUT2D eigenvalue weighted by Gasteiger charge is 2.21. The lowest BCUT2D eigenvalue weighted by molar-refractivity contribution is -0.141. The van der Waals surface area contributed by atoms with E-state index in [2.05, 4.69) is 4.74 Å². The Labute approximate surface area is 78.5 Å². The normalized spacial score (nSPS) is 10.8. The van der Waals surface area contributed by atoms with Crippen molar-refractivity contribution in [3.05, 3.63) is 0 Å². The number of hydrogen-bond donors (Lipinski definition) is 0. The molecule has 0 amide bonds. The van der Waals surface area contributed by atoms with Crippen molar-refractivity contribution in [1.82, 2.24) is 0 Å². The van der Waals surface area contributed by atoms with Crippen LogP contribution in [0.4, 0.5) is 0 Å². The number of rotatable bonds is 3. The number of carbonyl (C=O) groups excluding carboxylic acids is 2. The fourth-order valence-corrected chi connectivity index (χ4v) is 0.436. The van der Waals surface area contributed by atoms with Crippen molar-refractivity contribution < 1.29 is 14.3 Å². The van der Waals surface area contributed by atoms with Crippen LogP contribution in [0, 0.1) is 0 Å². The zero-order chi connectivity index (χ0) is 8.91. The van der Waals surface area contributed by atoms with Crippen LogP contribution in [0.5, 0.6) is 0 Å². The fraction of sp³-hybridized carbons (Fsp3) is 0.600. The van der Waals surface area contributed by atoms with E-state index in [0.29, 0.717) is 0 Å². The summed E-state index contributed by atoms with van der Waals surface area (Å²) in [4.78, 5) is 20.0. The molecule has 3 nitrogen and oxygen atoms in total. The highest BCUT2D eigenvalue weighted by Crippen LogP contribution is 2.25. The fourth-order valence-electron chi connectivity index (χ4n) is 0.272. The van der Waals surface area contributed by atoms with Crippen molar-refractivity contribution in [2.24, 2.45) is 0 Å². The number of hydrogen-bond acceptors (Lipinski definition) is 3. The van der Waals surface area contributed by atoms with Gasteiger partial charge in [-0.2, -0.15) is 0 Å². The molecular weight excluding hydrogens is 214 g/mol. The number of alkyl halides is 3. The lowest BCUT2D eigenvalue weighted by Crippen LogP contribution is -2.17. The van der Waals surface area contributed by atoms with Crippen LogP contribution in [0.3, 0.4) is 0 Å². The highest BCUT2D eigenvalue weighted by molar-refractivity contribution is 6.67. The molecule has 0 saturated heterocycles. The van der Waals surface area contributed by atoms with Gasteiger partial charge < -0.3 is 4.74 Å². The molecule has 63 valence electrons. The van der Waals surface area contributed by atoms with Crippen molar-refractivity contribution in [2.75, 3.05) is 6.61 Å². The van der Waals surface area contributed by atoms with Gasteiger partial charge in [-0.25, -0.2) is 0 Å². The maximum Gasteiger partial charge on any atom is 0.313 e. The molecule has 0 atom stereocenters. The molecule has 0 rings (SSSR count). The van der Waals surface area contributed by atoms with Gasteiger partial charge in [-0.05, 0) is 0 Å². The molecule has 0 aliphatic carbocycles. The summed E-state index contributed by atoms with van der Waals surface area (Å²) in [6.45, 7) is -0.363. The van der Waals surface area contributed by atoms with Crippen LogP contribution in [0.15, 0.2) is 0 Å². The standard InChI is InChI=1S/C5H4Cl3O3/c6-5(7,8)3-11-4(10)1-2-9/h1,3H2. The summed E-state index contributed by atoms with van der Waals surface area (Å²) in [6.07, 6.45) is 0.906. The third-order valence-electron chi connectivity index (χ3n) is 0.613. The molecule has 6 heteroatoms. The number of carbonyl (C=O) groups is 1. The van der Waals surface area contributed by atoms with E-state index in [0.717, 1.165) is 0 Å². The predicted molar refractivity (Wildman–Crippen MR) is 41.6 cm³/mol. The van der Waals surface area contributed by atoms with Gasteiger partial charge in [0.1, 0.15) is 13.0 Å². The van der Waals surface area contributed by atoms with E-state index in [1.807, 2.05) is 0 Å². The van der Waals surface area contributed by atoms with Gasteiger partial charge in [0.05, 0.1) is 0 Å². The molecule has 0 aromatic carbocycles. The number of ether oxygens (including phenoxy) is 1. The van der Waals surface area contributed by atoms with Crippen LogP contribution in [-0.4, -0.2) is 22.7 Å². The summed E-state index contributed by atoms with van der Waals surface area (Å²) in [6, 6.07) is 0. The Morgan fingerprint density at radius 1 is 1.45 bits per heavy atom. The minimum atomic E-state index is -1.63. The molecule has 0 aliphatic rings. The molecule has 0 fully saturated rings. The summed E-state index contributed by atoms with van der Waals surface area (Å²) in [5.41, 5.74) is 0. The Morgan fingerprint density at radius 3 is 2.36 bits per heavy atom. The van der Waals surface area contributed by atoms with Crippen molar-refractivity contribution in [2.45, 2.75) is 10.2 Å². The molecule has 0 heterocycles. The molecule has 0 bridgehead atoms. The molecule has 1 radical (unpaired) electrons. The largest absolute Gasteiger partial charge is 0.461 e. The van der Waals surface area contributed by atoms with E-state index in [-0.39, 0.29) is 6.61 Å². The monoisotopic (exact) mass is 217 g/mol. The van der Waals surface area contributed by atoms with Crippen molar-refractivity contribution in [3.63, 3.8) is 0 Å². The molecule has 0 aromatic heterocycles. The van der Waals surface area contributed by atoms with Crippen LogP contribution in [0.25, 0.3) is 0 Å². The molecule has 0 spiro atoms. The number of esters is 1. The molecule has 11 heavy (non-hydrogen) atoms. The Kier molecular flexibility index (Phi) is 4.81. The smallest absolute Gasteiger partial charge is 0.313 e. The second kappa shape index (κ2) is 4.80. The molecule has 0 unspecified atom stereocenters. The SMILES string of the molecule is O=[C]CC(=O)OCC(Cl)(Cl)Cl. The summed E-state index contributed by atoms with van der Waals surface area (Å²) in [7, 11) is 0. The Bertz CT molecular complexity index is 152. The quantitative estimate of drug-likeness (QED) is 0.408. The zero-order valence-electron chi connectivity index (χ0n) is 5.27. The van der Waals surface area contributed by atoms with E-state index in [4.69, 9.17) is 34.8 Å². The Balaban J connectivity index is 3.54. The van der Waals surface area contributed by atoms with Gasteiger partial charge in [0.15, 0.2) is 0 Å². The predicted octanol–water partition coefficient (Wildman–Crippen LogP) is 1.40. The lowest BCUT2D eigenvalue weighted by Gasteiger charge is -2.09. The van der Waals surface area contributed by atoms with Gasteiger partial charge in [-0.1, -0.05) is 34.8 Å². The second-order valence-corrected chi connectivity index (χ2v) is 4.11. The first-order chi connectivity index (χ1) is 4.95. The summed E-state index contributed by atoms with van der Waals surface area (Å²) >= 11 is 15.7. The van der Waals surface area contributed by atoms with Gasteiger partial charge in [0, 0.05) is 0 Å². The minimum Gasteiger partial charge on any atom is -0.461 e. The first-order valence-corrected chi connectivity index (χ1v) is 3.66. The first-order valence-electron chi connectivity index (χ1n) is 2.53. The number of halogens is 3. The molecule has 0 N–H and O–H groups in total. The van der Waals surface area contributed by atoms with E-state index >= 15 is 0 Å². The maximum absolute atomic E-state index is 10.4. The van der Waals surface area contributed by atoms with Crippen LogP contribution < -0.4 is 0 Å². The van der Waals surface area contributed by atoms with E-state index in [1.54, 1.807) is 0 Å². The Morgan fingerprint density at radius 2 is 2.00 bits per heavy atom. The average Bonchev–Trinajstić information content (AvgIpc) is 1.83. The van der Waals surface area contributed by atoms with E-state index < -0.39 is 16.2 Å². The van der Waals surface area contributed by atoms with Gasteiger partial charge >= 0.3 is 5.97 Å². The average molecular weight is 218 g/mol. The van der Waals surface area contributed by atoms with Crippen molar-refractivity contribution >= 4 is 47.1 Å². The third-order valence-corrected chi connectivity index (χ3v) is 0.941. The molecule has 0 aliphatic heterocycles. The van der Waals surface area contributed by atoms with Crippen molar-refractivity contribution in [3.8, 4) is 0 Å². The van der Waals surface area contributed by atoms with Gasteiger partial charge in [-0.15, -0.1) is 0 Å². The van der Waals surface area contributed by atoms with Crippen molar-refractivity contribution in [1.29, 1.82) is 0 Å². The third kappa shape index (κ3) is 7.91. The molecule has 0 aromatic rings. The van der Waals surface area contributed by atoms with Crippen LogP contribution in [0.1, 0.15) is 6.42 Å². The second-order valence-electron chi connectivity index (χ2n) is 1.60. The summed E-state index contributed by atoms with van der Waals surface area (Å²) in [5.74, 6) is -0.758. The van der Waals surface area contributed by atoms with E-state index in [1.165, 1.54) is 6.29 Å². The Hall–Kier alpha value is 0.01000. The molecular formula is C5H4Cl3O3. The van der Waals surface area contributed by atoms with Gasteiger partial charge in [-0.3, -0.25) is 9.59 Å². The summed E-state index contributed by atoms with van der Waals surface area (Å²) < 4.78 is 2.72. The summed E-state index contributed by atoms with van der Waals surface area (Å²) in [5, 5.41) is 0. The topological polar surface area (TPSA) is 43.4 Å². The zero-order valence-corrected chi connectivity index (χ0v) is 7.54. The van der Waals surface area contributed by atoms with Gasteiger partial charge in [0.25, 0.3) is 0 Å².